The fourth-order valence-corrected chi connectivity index (χ4v) is 10.4. The number of carbonyl (C=O) groups is 1. The molecular formula is C35H36FN3O4S. The summed E-state index contributed by atoms with van der Waals surface area (Å²) in [5.41, 5.74) is 2.53. The Labute approximate surface area is 259 Å². The van der Waals surface area contributed by atoms with E-state index >= 15 is 0 Å². The van der Waals surface area contributed by atoms with Crippen LogP contribution in [0.15, 0.2) is 60.3 Å². The predicted octanol–water partition coefficient (Wildman–Crippen LogP) is 6.15. The molecule has 0 aliphatic heterocycles. The Balaban J connectivity index is 1.05. The summed E-state index contributed by atoms with van der Waals surface area (Å²) in [5.74, 6) is -0.288. The zero-order chi connectivity index (χ0) is 30.4. The second-order valence-corrected chi connectivity index (χ2v) is 14.8. The van der Waals surface area contributed by atoms with E-state index in [0.29, 0.717) is 18.0 Å². The number of fused-ring (bicyclic) bond motifs is 7. The number of ether oxygens (including phenoxy) is 1. The van der Waals surface area contributed by atoms with E-state index in [1.54, 1.807) is 12.1 Å². The molecule has 3 saturated carbocycles. The summed E-state index contributed by atoms with van der Waals surface area (Å²) >= 11 is 1.39. The van der Waals surface area contributed by atoms with Crippen LogP contribution in [0.1, 0.15) is 57.2 Å². The van der Waals surface area contributed by atoms with E-state index in [9.17, 15) is 19.4 Å². The van der Waals surface area contributed by atoms with Gasteiger partial charge < -0.3 is 14.9 Å². The highest BCUT2D eigenvalue weighted by Gasteiger charge is 2.68. The molecule has 7 atom stereocenters. The molecule has 2 N–H and O–H groups in total. The molecule has 228 valence electrons. The van der Waals surface area contributed by atoms with Gasteiger partial charge in [-0.1, -0.05) is 42.9 Å². The van der Waals surface area contributed by atoms with Crippen molar-refractivity contribution in [3.63, 3.8) is 0 Å². The minimum Gasteiger partial charge on any atom is -0.462 e. The predicted molar refractivity (Wildman–Crippen MR) is 166 cm³/mol. The van der Waals surface area contributed by atoms with Crippen molar-refractivity contribution in [2.24, 2.45) is 28.6 Å². The highest BCUT2D eigenvalue weighted by Crippen LogP contribution is 2.67. The summed E-state index contributed by atoms with van der Waals surface area (Å²) in [4.78, 5) is 18.2. The molecule has 4 aromatic rings. The van der Waals surface area contributed by atoms with Gasteiger partial charge in [-0.05, 0) is 110 Å². The number of allylic oxidation sites excluding steroid dienone is 1. The number of benzene rings is 2. The van der Waals surface area contributed by atoms with Crippen LogP contribution in [0.25, 0.3) is 22.0 Å². The van der Waals surface area contributed by atoms with Crippen LogP contribution < -0.4 is 4.74 Å². The first-order valence-electron chi connectivity index (χ1n) is 15.6. The van der Waals surface area contributed by atoms with Gasteiger partial charge >= 0.3 is 0 Å². The molecule has 2 heterocycles. The molecule has 9 heteroatoms. The molecule has 0 bridgehead atoms. The number of aliphatic hydroxyl groups is 2. The molecule has 0 spiro atoms. The molecule has 4 aliphatic carbocycles. The number of carbonyl (C=O) groups excluding carboxylic acids is 1. The summed E-state index contributed by atoms with van der Waals surface area (Å²) in [6.45, 7) is 4.05. The maximum absolute atomic E-state index is 13.7. The standard InChI is InChI=1S/C35H36FN3O4S/c1-33-16-20-18-37-39(23-10-8-22(36)9-11-23)27(20)15-21(33)7-12-24-25-13-14-35(42,34(25,2)17-28(40)31(24)33)30(41)19-43-32-38-26-5-3-4-6-29(26)44-32/h3-6,8-11,15,18,24-25,28,31,40,42H,7,12-14,16-17,19H2,1-2H3. The van der Waals surface area contributed by atoms with E-state index in [1.807, 2.05) is 42.1 Å². The van der Waals surface area contributed by atoms with Gasteiger partial charge in [0.15, 0.2) is 6.61 Å². The lowest BCUT2D eigenvalue weighted by Crippen LogP contribution is -2.62. The number of rotatable bonds is 5. The van der Waals surface area contributed by atoms with Crippen LogP contribution in [-0.4, -0.2) is 49.1 Å². The molecule has 3 fully saturated rings. The number of nitrogens with zero attached hydrogens (tertiary/aromatic N) is 3. The number of ketones is 1. The first-order chi connectivity index (χ1) is 21.1. The molecule has 2 aromatic carbocycles. The molecule has 4 aliphatic rings. The maximum Gasteiger partial charge on any atom is 0.274 e. The Kier molecular flexibility index (Phi) is 6.26. The molecule has 0 saturated heterocycles. The van der Waals surface area contributed by atoms with Crippen LogP contribution in [0.4, 0.5) is 4.39 Å². The average Bonchev–Trinajstić information content (AvgIpc) is 3.68. The number of aliphatic hydroxyl groups excluding tert-OH is 1. The summed E-state index contributed by atoms with van der Waals surface area (Å²) in [5, 5.41) is 29.1. The van der Waals surface area contributed by atoms with Gasteiger partial charge in [0.05, 0.1) is 33.9 Å². The van der Waals surface area contributed by atoms with Crippen molar-refractivity contribution in [3.05, 3.63) is 77.4 Å². The van der Waals surface area contributed by atoms with Crippen molar-refractivity contribution in [2.45, 2.75) is 64.1 Å². The Morgan fingerprint density at radius 1 is 1.16 bits per heavy atom. The largest absolute Gasteiger partial charge is 0.462 e. The van der Waals surface area contributed by atoms with E-state index in [2.05, 4.69) is 23.1 Å². The van der Waals surface area contributed by atoms with E-state index in [0.717, 1.165) is 52.8 Å². The summed E-state index contributed by atoms with van der Waals surface area (Å²) in [7, 11) is 0. The number of Topliss-reactive ketones (excluding diaryl/α,β-unsaturated/α-hetero) is 1. The van der Waals surface area contributed by atoms with Crippen LogP contribution in [0.3, 0.4) is 0 Å². The van der Waals surface area contributed by atoms with Crippen molar-refractivity contribution < 1.29 is 24.1 Å². The number of hydrogen-bond donors (Lipinski definition) is 2. The molecule has 2 aromatic heterocycles. The quantitative estimate of drug-likeness (QED) is 0.280. The normalized spacial score (nSPS) is 34.1. The fraction of sp³-hybridized carbons (Fsp3) is 0.457. The van der Waals surface area contributed by atoms with Gasteiger partial charge in [-0.25, -0.2) is 14.1 Å². The number of halogens is 1. The second-order valence-electron chi connectivity index (χ2n) is 13.8. The van der Waals surface area contributed by atoms with Crippen molar-refractivity contribution >= 4 is 33.4 Å². The highest BCUT2D eigenvalue weighted by molar-refractivity contribution is 7.20. The zero-order valence-electron chi connectivity index (χ0n) is 24.9. The van der Waals surface area contributed by atoms with E-state index in [4.69, 9.17) is 4.74 Å². The zero-order valence-corrected chi connectivity index (χ0v) is 25.7. The molecule has 8 rings (SSSR count). The first-order valence-corrected chi connectivity index (χ1v) is 16.4. The Morgan fingerprint density at radius 3 is 2.75 bits per heavy atom. The van der Waals surface area contributed by atoms with Gasteiger partial charge in [0.2, 0.25) is 5.78 Å². The van der Waals surface area contributed by atoms with Gasteiger partial charge in [-0.2, -0.15) is 5.10 Å². The number of thiazole rings is 1. The Hall–Kier alpha value is -3.40. The lowest BCUT2D eigenvalue weighted by molar-refractivity contribution is -0.180. The molecule has 44 heavy (non-hydrogen) atoms. The Morgan fingerprint density at radius 2 is 1.95 bits per heavy atom. The van der Waals surface area contributed by atoms with E-state index in [-0.39, 0.29) is 41.4 Å². The third-order valence-corrected chi connectivity index (χ3v) is 12.7. The third-order valence-electron chi connectivity index (χ3n) is 11.7. The molecule has 0 radical (unpaired) electrons. The Bertz CT molecular complexity index is 1780. The van der Waals surface area contributed by atoms with Gasteiger partial charge in [0, 0.05) is 5.41 Å². The van der Waals surface area contributed by atoms with E-state index in [1.165, 1.54) is 29.0 Å². The van der Waals surface area contributed by atoms with Crippen LogP contribution in [0.5, 0.6) is 5.19 Å². The van der Waals surface area contributed by atoms with Crippen LogP contribution in [0.2, 0.25) is 0 Å². The first kappa shape index (κ1) is 28.1. The summed E-state index contributed by atoms with van der Waals surface area (Å²) in [6, 6.07) is 14.1. The molecular weight excluding hydrogens is 577 g/mol. The monoisotopic (exact) mass is 613 g/mol. The van der Waals surface area contributed by atoms with Crippen LogP contribution in [-0.2, 0) is 11.2 Å². The molecule has 7 unspecified atom stereocenters. The van der Waals surface area contributed by atoms with Crippen molar-refractivity contribution in [2.75, 3.05) is 6.61 Å². The van der Waals surface area contributed by atoms with Gasteiger partial charge in [-0.3, -0.25) is 4.79 Å². The van der Waals surface area contributed by atoms with Crippen molar-refractivity contribution in [1.82, 2.24) is 14.8 Å². The van der Waals surface area contributed by atoms with Gasteiger partial charge in [0.25, 0.3) is 5.19 Å². The number of para-hydroxylation sites is 1. The highest BCUT2D eigenvalue weighted by atomic mass is 32.1. The van der Waals surface area contributed by atoms with Crippen molar-refractivity contribution in [1.29, 1.82) is 0 Å². The summed E-state index contributed by atoms with van der Waals surface area (Å²) < 4.78 is 22.3. The van der Waals surface area contributed by atoms with Crippen LogP contribution in [0, 0.1) is 34.4 Å². The second kappa shape index (κ2) is 9.80. The third kappa shape index (κ3) is 3.95. The van der Waals surface area contributed by atoms with Gasteiger partial charge in [-0.15, -0.1) is 0 Å². The van der Waals surface area contributed by atoms with Gasteiger partial charge in [0.1, 0.15) is 11.4 Å². The topological polar surface area (TPSA) is 97.5 Å². The number of aromatic nitrogens is 3. The summed E-state index contributed by atoms with van der Waals surface area (Å²) in [6.07, 6.45) is 7.51. The lowest BCUT2D eigenvalue weighted by atomic mass is 9.45. The smallest absolute Gasteiger partial charge is 0.274 e. The minimum absolute atomic E-state index is 0.0133. The lowest BCUT2D eigenvalue weighted by Gasteiger charge is -2.60. The van der Waals surface area contributed by atoms with Crippen molar-refractivity contribution in [3.8, 4) is 10.9 Å². The van der Waals surface area contributed by atoms with Crippen LogP contribution >= 0.6 is 11.3 Å². The van der Waals surface area contributed by atoms with E-state index < -0.39 is 17.1 Å². The molecule has 0 amide bonds. The minimum atomic E-state index is -1.56. The average molecular weight is 614 g/mol. The number of hydrogen-bond acceptors (Lipinski definition) is 7. The molecule has 7 nitrogen and oxygen atoms in total. The maximum atomic E-state index is 13.7. The SMILES string of the molecule is CC12Cc3cnn(-c4ccc(F)cc4)c3C=C1CCC1C2C(O)CC2(C)C1CCC2(O)C(=O)COc1nc2ccccc2s1. The fourth-order valence-electron chi connectivity index (χ4n) is 9.60.